The maximum atomic E-state index is 14.8. The summed E-state index contributed by atoms with van der Waals surface area (Å²) in [4.78, 5) is 51.8. The average molecular weight is 463 g/mol. The molecule has 11 nitrogen and oxygen atoms in total. The van der Waals surface area contributed by atoms with Gasteiger partial charge >= 0.3 is 17.6 Å². The summed E-state index contributed by atoms with van der Waals surface area (Å²) < 4.78 is 36.7. The van der Waals surface area contributed by atoms with Crippen LogP contribution in [-0.2, 0) is 23.8 Å². The smallest absolute Gasteiger partial charge is 0.351 e. The fraction of sp³-hybridized carbons (Fsp3) is 0.381. The topological polar surface area (TPSA) is 135 Å². The van der Waals surface area contributed by atoms with Gasteiger partial charge in [-0.2, -0.15) is 4.98 Å². The van der Waals surface area contributed by atoms with Crippen molar-refractivity contribution in [3.63, 3.8) is 0 Å². The minimum absolute atomic E-state index is 0.109. The molecule has 0 saturated carbocycles. The molecule has 1 saturated heterocycles. The second-order valence-electron chi connectivity index (χ2n) is 7.16. The molecule has 2 heterocycles. The Morgan fingerprint density at radius 3 is 2.39 bits per heavy atom. The highest BCUT2D eigenvalue weighted by atomic mass is 19.1. The molecule has 3 rings (SSSR count). The van der Waals surface area contributed by atoms with Crippen LogP contribution < -0.4 is 15.7 Å². The first-order valence-electron chi connectivity index (χ1n) is 9.85. The van der Waals surface area contributed by atoms with Crippen LogP contribution in [0.3, 0.4) is 0 Å². The van der Waals surface area contributed by atoms with Crippen LogP contribution in [0.5, 0.6) is 5.75 Å². The summed E-state index contributed by atoms with van der Waals surface area (Å²) >= 11 is 0. The van der Waals surface area contributed by atoms with Gasteiger partial charge in [-0.25, -0.2) is 9.18 Å². The fourth-order valence-corrected chi connectivity index (χ4v) is 3.42. The maximum Gasteiger partial charge on any atom is 0.351 e. The number of halogens is 1. The van der Waals surface area contributed by atoms with E-state index in [1.54, 1.807) is 25.1 Å². The van der Waals surface area contributed by atoms with E-state index in [9.17, 15) is 23.6 Å². The number of rotatable bonds is 6. The van der Waals surface area contributed by atoms with E-state index < -0.39 is 59.7 Å². The van der Waals surface area contributed by atoms with E-state index in [-0.39, 0.29) is 11.3 Å². The summed E-state index contributed by atoms with van der Waals surface area (Å²) in [7, 11) is 1.37. The summed E-state index contributed by atoms with van der Waals surface area (Å²) in [6.45, 7) is 3.83. The molecule has 33 heavy (non-hydrogen) atoms. The van der Waals surface area contributed by atoms with Gasteiger partial charge in [0.15, 0.2) is 30.1 Å². The van der Waals surface area contributed by atoms with Gasteiger partial charge in [0, 0.05) is 13.8 Å². The molecule has 0 bridgehead atoms. The van der Waals surface area contributed by atoms with Gasteiger partial charge in [0.25, 0.3) is 5.91 Å². The number of aromatic nitrogens is 2. The highest BCUT2D eigenvalue weighted by Crippen LogP contribution is 2.33. The van der Waals surface area contributed by atoms with E-state index in [1.807, 2.05) is 0 Å². The van der Waals surface area contributed by atoms with Gasteiger partial charge in [0.05, 0.1) is 25.0 Å². The molecular weight excluding hydrogens is 441 g/mol. The van der Waals surface area contributed by atoms with Crippen molar-refractivity contribution in [3.05, 3.63) is 52.3 Å². The molecule has 1 aliphatic heterocycles. The molecule has 176 valence electrons. The van der Waals surface area contributed by atoms with Gasteiger partial charge in [0.2, 0.25) is 0 Å². The van der Waals surface area contributed by atoms with Gasteiger partial charge in [-0.1, -0.05) is 12.1 Å². The van der Waals surface area contributed by atoms with Crippen LogP contribution in [0.25, 0.3) is 0 Å². The molecule has 1 aromatic heterocycles. The number of nitrogens with one attached hydrogen (secondary N) is 1. The Labute approximate surface area is 187 Å². The minimum Gasteiger partial charge on any atom is -0.496 e. The first-order chi connectivity index (χ1) is 15.6. The zero-order valence-corrected chi connectivity index (χ0v) is 18.2. The number of esters is 2. The molecule has 0 radical (unpaired) electrons. The lowest BCUT2D eigenvalue weighted by Crippen LogP contribution is -2.40. The lowest BCUT2D eigenvalue weighted by Gasteiger charge is -2.23. The number of carbonyl (C=O) groups is 3. The van der Waals surface area contributed by atoms with Crippen LogP contribution in [0, 0.1) is 5.82 Å². The van der Waals surface area contributed by atoms with Gasteiger partial charge < -0.3 is 24.3 Å². The standard InChI is InChI=1S/C21H22FN3O8/c1-10-16(32-11(2)26)17(33-12(3)27)20(31-10)25-9-14(22)18(24-21(25)29)23-19(28)13-7-5-6-8-15(13)30-4/h5-10,16-17,20H,1-4H3,(H,23,24,28,29)/t10-,16?,17?,20-/m1/s1. The predicted molar refractivity (Wildman–Crippen MR) is 110 cm³/mol. The number of hydrogen-bond acceptors (Lipinski definition) is 9. The fourth-order valence-electron chi connectivity index (χ4n) is 3.42. The lowest BCUT2D eigenvalue weighted by atomic mass is 10.1. The number of anilines is 1. The zero-order chi connectivity index (χ0) is 24.3. The molecular formula is C21H22FN3O8. The van der Waals surface area contributed by atoms with E-state index >= 15 is 0 Å². The van der Waals surface area contributed by atoms with Crippen molar-refractivity contribution in [2.24, 2.45) is 0 Å². The normalized spacial score (nSPS) is 21.8. The zero-order valence-electron chi connectivity index (χ0n) is 18.2. The van der Waals surface area contributed by atoms with E-state index in [0.29, 0.717) is 0 Å². The number of hydrogen-bond donors (Lipinski definition) is 1. The Morgan fingerprint density at radius 1 is 1.12 bits per heavy atom. The summed E-state index contributed by atoms with van der Waals surface area (Å²) in [5.41, 5.74) is -0.887. The van der Waals surface area contributed by atoms with Crippen molar-refractivity contribution in [1.82, 2.24) is 9.55 Å². The van der Waals surface area contributed by atoms with E-state index in [2.05, 4.69) is 10.3 Å². The quantitative estimate of drug-likeness (QED) is 0.631. The lowest BCUT2D eigenvalue weighted by molar-refractivity contribution is -0.165. The van der Waals surface area contributed by atoms with E-state index in [0.717, 1.165) is 24.6 Å². The van der Waals surface area contributed by atoms with Crippen molar-refractivity contribution in [2.45, 2.75) is 45.3 Å². The summed E-state index contributed by atoms with van der Waals surface area (Å²) in [5.74, 6) is -3.53. The largest absolute Gasteiger partial charge is 0.496 e. The maximum absolute atomic E-state index is 14.8. The van der Waals surface area contributed by atoms with Crippen LogP contribution in [0.1, 0.15) is 37.4 Å². The van der Waals surface area contributed by atoms with Crippen LogP contribution in [0.4, 0.5) is 10.2 Å². The molecule has 4 atom stereocenters. The number of methoxy groups -OCH3 is 1. The second kappa shape index (κ2) is 9.77. The van der Waals surface area contributed by atoms with Gasteiger partial charge in [0.1, 0.15) is 5.75 Å². The van der Waals surface area contributed by atoms with Crippen LogP contribution in [0.2, 0.25) is 0 Å². The molecule has 1 aliphatic rings. The van der Waals surface area contributed by atoms with Gasteiger partial charge in [-0.15, -0.1) is 0 Å². The van der Waals surface area contributed by atoms with Crippen molar-refractivity contribution < 1.29 is 37.7 Å². The molecule has 12 heteroatoms. The molecule has 1 fully saturated rings. The SMILES string of the molecule is COc1ccccc1C(=O)Nc1nc(=O)n([C@@H]2O[C@H](C)C(OC(C)=O)C2OC(C)=O)cc1F. The number of benzene rings is 1. The molecule has 2 aromatic rings. The third-order valence-corrected chi connectivity index (χ3v) is 4.79. The molecule has 2 unspecified atom stereocenters. The summed E-state index contributed by atoms with van der Waals surface area (Å²) in [5, 5.41) is 2.23. The van der Waals surface area contributed by atoms with Crippen LogP contribution in [-0.4, -0.2) is 52.8 Å². The number of nitrogens with zero attached hydrogens (tertiary/aromatic N) is 2. The number of amides is 1. The number of carbonyl (C=O) groups excluding carboxylic acids is 3. The highest BCUT2D eigenvalue weighted by Gasteiger charge is 2.48. The first kappa shape index (κ1) is 23.9. The molecule has 1 N–H and O–H groups in total. The van der Waals surface area contributed by atoms with Gasteiger partial charge in [-0.3, -0.25) is 19.0 Å². The number of para-hydroxylation sites is 1. The molecule has 0 spiro atoms. The van der Waals surface area contributed by atoms with Gasteiger partial charge in [-0.05, 0) is 19.1 Å². The third-order valence-electron chi connectivity index (χ3n) is 4.79. The Bertz CT molecular complexity index is 1130. The van der Waals surface area contributed by atoms with E-state index in [4.69, 9.17) is 18.9 Å². The Morgan fingerprint density at radius 2 is 1.76 bits per heavy atom. The predicted octanol–water partition coefficient (Wildman–Crippen LogP) is 1.42. The monoisotopic (exact) mass is 463 g/mol. The minimum atomic E-state index is -1.32. The van der Waals surface area contributed by atoms with Crippen LogP contribution in [0.15, 0.2) is 35.3 Å². The highest BCUT2D eigenvalue weighted by molar-refractivity contribution is 6.05. The van der Waals surface area contributed by atoms with Crippen molar-refractivity contribution in [2.75, 3.05) is 12.4 Å². The van der Waals surface area contributed by atoms with Crippen molar-refractivity contribution in [1.29, 1.82) is 0 Å². The Hall–Kier alpha value is -3.80. The van der Waals surface area contributed by atoms with Crippen molar-refractivity contribution in [3.8, 4) is 5.75 Å². The van der Waals surface area contributed by atoms with Crippen LogP contribution >= 0.6 is 0 Å². The molecule has 1 amide bonds. The number of ether oxygens (including phenoxy) is 4. The molecule has 1 aromatic carbocycles. The average Bonchev–Trinajstić information content (AvgIpc) is 3.04. The summed E-state index contributed by atoms with van der Waals surface area (Å²) in [6, 6.07) is 6.25. The second-order valence-corrected chi connectivity index (χ2v) is 7.16. The van der Waals surface area contributed by atoms with E-state index in [1.165, 1.54) is 13.2 Å². The third kappa shape index (κ3) is 5.17. The summed E-state index contributed by atoms with van der Waals surface area (Å²) in [6.07, 6.45) is -3.59. The van der Waals surface area contributed by atoms with Crippen molar-refractivity contribution >= 4 is 23.7 Å². The first-order valence-corrected chi connectivity index (χ1v) is 9.85. The Kier molecular flexibility index (Phi) is 7.07. The molecule has 0 aliphatic carbocycles. The Balaban J connectivity index is 1.91.